The molecular formula is C16H26N2O. The van der Waals surface area contributed by atoms with Gasteiger partial charge in [0, 0.05) is 32.7 Å². The van der Waals surface area contributed by atoms with Gasteiger partial charge in [0.1, 0.15) is 5.75 Å². The Hall–Kier alpha value is -1.06. The molecule has 1 aliphatic heterocycles. The summed E-state index contributed by atoms with van der Waals surface area (Å²) in [6.07, 6.45) is 0. The van der Waals surface area contributed by atoms with Crippen LogP contribution in [0.25, 0.3) is 0 Å². The molecule has 106 valence electrons. The largest absolute Gasteiger partial charge is 0.496 e. The maximum Gasteiger partial charge on any atom is 0.124 e. The average Bonchev–Trinajstić information content (AvgIpc) is 2.39. The molecule has 2 rings (SSSR count). The number of methoxy groups -OCH3 is 1. The highest BCUT2D eigenvalue weighted by Gasteiger charge is 2.16. The fourth-order valence-corrected chi connectivity index (χ4v) is 2.98. The lowest BCUT2D eigenvalue weighted by Crippen LogP contribution is -2.44. The third-order valence-electron chi connectivity index (χ3n) is 4.00. The predicted octanol–water partition coefficient (Wildman–Crippen LogP) is 2.32. The SMILES string of the molecule is COc1c(C)cc(C(C)CN2CCNCC2)cc1C. The number of aryl methyl sites for hydroxylation is 2. The number of hydrogen-bond donors (Lipinski definition) is 1. The first-order valence-corrected chi connectivity index (χ1v) is 7.20. The van der Waals surface area contributed by atoms with Crippen LogP contribution in [0.2, 0.25) is 0 Å². The summed E-state index contributed by atoms with van der Waals surface area (Å²) < 4.78 is 5.44. The van der Waals surface area contributed by atoms with Crippen molar-refractivity contribution >= 4 is 0 Å². The van der Waals surface area contributed by atoms with Gasteiger partial charge >= 0.3 is 0 Å². The zero-order chi connectivity index (χ0) is 13.8. The molecule has 1 heterocycles. The zero-order valence-corrected chi connectivity index (χ0v) is 12.6. The van der Waals surface area contributed by atoms with E-state index in [0.717, 1.165) is 25.4 Å². The summed E-state index contributed by atoms with van der Waals surface area (Å²) >= 11 is 0. The van der Waals surface area contributed by atoms with Crippen LogP contribution in [0.3, 0.4) is 0 Å². The zero-order valence-electron chi connectivity index (χ0n) is 12.6. The van der Waals surface area contributed by atoms with Crippen molar-refractivity contribution in [2.75, 3.05) is 39.8 Å². The van der Waals surface area contributed by atoms with Crippen molar-refractivity contribution < 1.29 is 4.74 Å². The molecule has 3 heteroatoms. The predicted molar refractivity (Wildman–Crippen MR) is 80.2 cm³/mol. The van der Waals surface area contributed by atoms with Gasteiger partial charge in [0.05, 0.1) is 7.11 Å². The van der Waals surface area contributed by atoms with E-state index in [9.17, 15) is 0 Å². The van der Waals surface area contributed by atoms with Gasteiger partial charge in [0.2, 0.25) is 0 Å². The fraction of sp³-hybridized carbons (Fsp3) is 0.625. The third kappa shape index (κ3) is 3.48. The van der Waals surface area contributed by atoms with Crippen molar-refractivity contribution in [3.05, 3.63) is 28.8 Å². The van der Waals surface area contributed by atoms with Gasteiger partial charge in [0.25, 0.3) is 0 Å². The third-order valence-corrected chi connectivity index (χ3v) is 4.00. The van der Waals surface area contributed by atoms with Crippen LogP contribution in [0.1, 0.15) is 29.5 Å². The minimum absolute atomic E-state index is 0.571. The summed E-state index contributed by atoms with van der Waals surface area (Å²) in [5.74, 6) is 1.60. The van der Waals surface area contributed by atoms with Crippen LogP contribution >= 0.6 is 0 Å². The molecule has 19 heavy (non-hydrogen) atoms. The molecule has 0 amide bonds. The topological polar surface area (TPSA) is 24.5 Å². The number of ether oxygens (including phenoxy) is 1. The lowest BCUT2D eigenvalue weighted by Gasteiger charge is -2.30. The molecular weight excluding hydrogens is 236 g/mol. The molecule has 1 unspecified atom stereocenters. The fourth-order valence-electron chi connectivity index (χ4n) is 2.98. The van der Waals surface area contributed by atoms with E-state index in [1.165, 1.54) is 29.8 Å². The maximum atomic E-state index is 5.44. The van der Waals surface area contributed by atoms with Crippen LogP contribution in [0.15, 0.2) is 12.1 Å². The number of hydrogen-bond acceptors (Lipinski definition) is 3. The Bertz CT molecular complexity index is 402. The monoisotopic (exact) mass is 262 g/mol. The van der Waals surface area contributed by atoms with E-state index in [4.69, 9.17) is 4.74 Å². The second-order valence-corrected chi connectivity index (χ2v) is 5.64. The second-order valence-electron chi connectivity index (χ2n) is 5.64. The van der Waals surface area contributed by atoms with Crippen molar-refractivity contribution in [2.24, 2.45) is 0 Å². The Labute approximate surface area is 116 Å². The molecule has 0 bridgehead atoms. The number of rotatable bonds is 4. The molecule has 0 spiro atoms. The molecule has 0 saturated carbocycles. The Balaban J connectivity index is 2.08. The van der Waals surface area contributed by atoms with Crippen LogP contribution < -0.4 is 10.1 Å². The second kappa shape index (κ2) is 6.40. The van der Waals surface area contributed by atoms with Crippen molar-refractivity contribution in [2.45, 2.75) is 26.7 Å². The molecule has 0 aliphatic carbocycles. The first-order valence-electron chi connectivity index (χ1n) is 7.20. The minimum atomic E-state index is 0.571. The van der Waals surface area contributed by atoms with E-state index >= 15 is 0 Å². The number of piperazine rings is 1. The quantitative estimate of drug-likeness (QED) is 0.901. The van der Waals surface area contributed by atoms with Crippen LogP contribution in [0.4, 0.5) is 0 Å². The van der Waals surface area contributed by atoms with Crippen LogP contribution in [0, 0.1) is 13.8 Å². The van der Waals surface area contributed by atoms with E-state index in [0.29, 0.717) is 5.92 Å². The van der Waals surface area contributed by atoms with Gasteiger partial charge in [-0.15, -0.1) is 0 Å². The maximum absolute atomic E-state index is 5.44. The summed E-state index contributed by atoms with van der Waals surface area (Å²) in [5.41, 5.74) is 3.91. The Morgan fingerprint density at radius 3 is 2.32 bits per heavy atom. The lowest BCUT2D eigenvalue weighted by molar-refractivity contribution is 0.230. The van der Waals surface area contributed by atoms with E-state index in [-0.39, 0.29) is 0 Å². The van der Waals surface area contributed by atoms with E-state index in [1.54, 1.807) is 7.11 Å². The molecule has 0 aromatic heterocycles. The Morgan fingerprint density at radius 1 is 1.21 bits per heavy atom. The highest BCUT2D eigenvalue weighted by molar-refractivity contribution is 5.44. The van der Waals surface area contributed by atoms with Gasteiger partial charge in [-0.05, 0) is 36.5 Å². The van der Waals surface area contributed by atoms with E-state index in [1.807, 2.05) is 0 Å². The summed E-state index contributed by atoms with van der Waals surface area (Å²) in [7, 11) is 1.75. The van der Waals surface area contributed by atoms with Crippen LogP contribution in [0.5, 0.6) is 5.75 Å². The summed E-state index contributed by atoms with van der Waals surface area (Å²) in [6, 6.07) is 4.55. The molecule has 3 nitrogen and oxygen atoms in total. The van der Waals surface area contributed by atoms with E-state index < -0.39 is 0 Å². The Morgan fingerprint density at radius 2 is 1.79 bits per heavy atom. The molecule has 1 aromatic rings. The van der Waals surface area contributed by atoms with Gasteiger partial charge in [-0.1, -0.05) is 19.1 Å². The number of nitrogens with one attached hydrogen (secondary N) is 1. The van der Waals surface area contributed by atoms with Crippen LogP contribution in [-0.2, 0) is 0 Å². The van der Waals surface area contributed by atoms with Gasteiger partial charge in [-0.3, -0.25) is 0 Å². The normalized spacial score (nSPS) is 18.3. The van der Waals surface area contributed by atoms with Crippen molar-refractivity contribution in [1.82, 2.24) is 10.2 Å². The minimum Gasteiger partial charge on any atom is -0.496 e. The molecule has 1 fully saturated rings. The van der Waals surface area contributed by atoms with Gasteiger partial charge < -0.3 is 15.0 Å². The van der Waals surface area contributed by atoms with Gasteiger partial charge in [-0.2, -0.15) is 0 Å². The van der Waals surface area contributed by atoms with Gasteiger partial charge in [0.15, 0.2) is 0 Å². The average molecular weight is 262 g/mol. The highest BCUT2D eigenvalue weighted by atomic mass is 16.5. The molecule has 1 aromatic carbocycles. The Kier molecular flexibility index (Phi) is 4.83. The summed E-state index contributed by atoms with van der Waals surface area (Å²) in [6.45, 7) is 12.3. The van der Waals surface area contributed by atoms with Crippen molar-refractivity contribution in [3.63, 3.8) is 0 Å². The first-order chi connectivity index (χ1) is 9.11. The van der Waals surface area contributed by atoms with Gasteiger partial charge in [-0.25, -0.2) is 0 Å². The highest BCUT2D eigenvalue weighted by Crippen LogP contribution is 2.28. The number of benzene rings is 1. The first kappa shape index (κ1) is 14.4. The van der Waals surface area contributed by atoms with Crippen molar-refractivity contribution in [1.29, 1.82) is 0 Å². The molecule has 1 atom stereocenters. The number of nitrogens with zero attached hydrogens (tertiary/aromatic N) is 1. The smallest absolute Gasteiger partial charge is 0.124 e. The van der Waals surface area contributed by atoms with Crippen molar-refractivity contribution in [3.8, 4) is 5.75 Å². The van der Waals surface area contributed by atoms with E-state index in [2.05, 4.69) is 43.1 Å². The standard InChI is InChI=1S/C16H26N2O/c1-12-9-15(10-13(2)16(12)19-4)14(3)11-18-7-5-17-6-8-18/h9-10,14,17H,5-8,11H2,1-4H3. The summed E-state index contributed by atoms with van der Waals surface area (Å²) in [5, 5.41) is 3.40. The molecule has 1 N–H and O–H groups in total. The molecule has 0 radical (unpaired) electrons. The summed E-state index contributed by atoms with van der Waals surface area (Å²) in [4.78, 5) is 2.55. The molecule has 1 aliphatic rings. The lowest BCUT2D eigenvalue weighted by atomic mass is 9.95. The van der Waals surface area contributed by atoms with Crippen LogP contribution in [-0.4, -0.2) is 44.7 Å². The molecule has 1 saturated heterocycles.